The van der Waals surface area contributed by atoms with E-state index >= 15 is 0 Å². The number of amides is 1. The number of nitrogens with one attached hydrogen (secondary N) is 2. The van der Waals surface area contributed by atoms with Crippen molar-refractivity contribution in [3.8, 4) is 5.75 Å². The standard InChI is InChI=1S/C19H17FN2O2/c1-24-14-6-7-17-16(10-14)15-8-13(9-18(15)22-17)21-19(23)11-2-4-12(20)5-3-11/h2-7,10,13,22H,8-9H2,1H3,(H,21,23). The zero-order valence-corrected chi connectivity index (χ0v) is 13.2. The molecule has 2 N–H and O–H groups in total. The van der Waals surface area contributed by atoms with Gasteiger partial charge in [0, 0.05) is 34.6 Å². The maximum atomic E-state index is 13.0. The van der Waals surface area contributed by atoms with E-state index in [4.69, 9.17) is 4.74 Å². The number of aromatic nitrogens is 1. The van der Waals surface area contributed by atoms with Crippen LogP contribution in [0.3, 0.4) is 0 Å². The van der Waals surface area contributed by atoms with Crippen molar-refractivity contribution in [2.45, 2.75) is 18.9 Å². The number of rotatable bonds is 3. The second-order valence-electron chi connectivity index (χ2n) is 6.08. The van der Waals surface area contributed by atoms with Crippen molar-refractivity contribution in [3.05, 3.63) is 65.1 Å². The van der Waals surface area contributed by atoms with Crippen LogP contribution in [0.15, 0.2) is 42.5 Å². The van der Waals surface area contributed by atoms with Gasteiger partial charge < -0.3 is 15.0 Å². The highest BCUT2D eigenvalue weighted by Crippen LogP contribution is 2.32. The van der Waals surface area contributed by atoms with Crippen LogP contribution in [0.4, 0.5) is 4.39 Å². The Balaban J connectivity index is 1.53. The molecule has 1 aliphatic rings. The van der Waals surface area contributed by atoms with E-state index < -0.39 is 0 Å². The van der Waals surface area contributed by atoms with Gasteiger partial charge in [-0.15, -0.1) is 0 Å². The molecule has 1 unspecified atom stereocenters. The number of ether oxygens (including phenoxy) is 1. The lowest BCUT2D eigenvalue weighted by Gasteiger charge is -2.12. The van der Waals surface area contributed by atoms with Gasteiger partial charge >= 0.3 is 0 Å². The van der Waals surface area contributed by atoms with Gasteiger partial charge in [0.15, 0.2) is 0 Å². The molecule has 1 amide bonds. The molecule has 0 saturated carbocycles. The molecule has 0 fully saturated rings. The molecule has 4 nitrogen and oxygen atoms in total. The van der Waals surface area contributed by atoms with Crippen molar-refractivity contribution < 1.29 is 13.9 Å². The molecular weight excluding hydrogens is 307 g/mol. The third kappa shape index (κ3) is 2.52. The Kier molecular flexibility index (Phi) is 3.49. The summed E-state index contributed by atoms with van der Waals surface area (Å²) in [7, 11) is 1.65. The Labute approximate surface area is 138 Å². The molecule has 1 aromatic heterocycles. The molecule has 0 saturated heterocycles. The monoisotopic (exact) mass is 324 g/mol. The van der Waals surface area contributed by atoms with Crippen LogP contribution < -0.4 is 10.1 Å². The Morgan fingerprint density at radius 3 is 2.75 bits per heavy atom. The first-order chi connectivity index (χ1) is 11.6. The van der Waals surface area contributed by atoms with Crippen LogP contribution in [0.25, 0.3) is 10.9 Å². The summed E-state index contributed by atoms with van der Waals surface area (Å²) in [4.78, 5) is 15.7. The zero-order valence-electron chi connectivity index (χ0n) is 13.2. The maximum Gasteiger partial charge on any atom is 0.251 e. The normalized spacial score (nSPS) is 16.2. The van der Waals surface area contributed by atoms with E-state index in [1.54, 1.807) is 7.11 Å². The van der Waals surface area contributed by atoms with Gasteiger partial charge in [-0.3, -0.25) is 4.79 Å². The number of methoxy groups -OCH3 is 1. The molecule has 3 aromatic rings. The Morgan fingerprint density at radius 2 is 2.00 bits per heavy atom. The molecule has 1 atom stereocenters. The largest absolute Gasteiger partial charge is 0.497 e. The van der Waals surface area contributed by atoms with Gasteiger partial charge in [0.05, 0.1) is 7.11 Å². The molecule has 0 aliphatic heterocycles. The highest BCUT2D eigenvalue weighted by atomic mass is 19.1. The Morgan fingerprint density at radius 1 is 1.21 bits per heavy atom. The van der Waals surface area contributed by atoms with E-state index in [-0.39, 0.29) is 17.8 Å². The SMILES string of the molecule is COc1ccc2[nH]c3c(c2c1)CC(NC(=O)c1ccc(F)cc1)C3. The molecule has 4 rings (SSSR count). The fourth-order valence-corrected chi connectivity index (χ4v) is 3.35. The van der Waals surface area contributed by atoms with Crippen LogP contribution in [-0.4, -0.2) is 24.0 Å². The molecule has 24 heavy (non-hydrogen) atoms. The first-order valence-corrected chi connectivity index (χ1v) is 7.88. The number of fused-ring (bicyclic) bond motifs is 3. The molecule has 122 valence electrons. The molecular formula is C19H17FN2O2. The average Bonchev–Trinajstić information content (AvgIpc) is 3.12. The van der Waals surface area contributed by atoms with Crippen molar-refractivity contribution in [3.63, 3.8) is 0 Å². The van der Waals surface area contributed by atoms with Crippen molar-refractivity contribution in [1.29, 1.82) is 0 Å². The van der Waals surface area contributed by atoms with Gasteiger partial charge in [-0.25, -0.2) is 4.39 Å². The third-order valence-electron chi connectivity index (χ3n) is 4.54. The van der Waals surface area contributed by atoms with Gasteiger partial charge in [-0.2, -0.15) is 0 Å². The summed E-state index contributed by atoms with van der Waals surface area (Å²) in [6.45, 7) is 0. The number of carbonyl (C=O) groups is 1. The minimum absolute atomic E-state index is 0.0411. The molecule has 0 bridgehead atoms. The van der Waals surface area contributed by atoms with Crippen LogP contribution in [0, 0.1) is 5.82 Å². The van der Waals surface area contributed by atoms with Gasteiger partial charge in [0.2, 0.25) is 0 Å². The summed E-state index contributed by atoms with van der Waals surface area (Å²) in [5.74, 6) is 0.304. The average molecular weight is 324 g/mol. The zero-order chi connectivity index (χ0) is 16.7. The fraction of sp³-hybridized carbons (Fsp3) is 0.211. The van der Waals surface area contributed by atoms with Gasteiger partial charge in [-0.05, 0) is 54.4 Å². The van der Waals surface area contributed by atoms with Crippen molar-refractivity contribution in [1.82, 2.24) is 10.3 Å². The summed E-state index contributed by atoms with van der Waals surface area (Å²) in [6, 6.07) is 11.6. The lowest BCUT2D eigenvalue weighted by molar-refractivity contribution is 0.0938. The second-order valence-corrected chi connectivity index (χ2v) is 6.08. The first-order valence-electron chi connectivity index (χ1n) is 7.88. The predicted octanol–water partition coefficient (Wildman–Crippen LogP) is 3.21. The molecule has 0 radical (unpaired) electrons. The fourth-order valence-electron chi connectivity index (χ4n) is 3.35. The van der Waals surface area contributed by atoms with Crippen LogP contribution in [0.2, 0.25) is 0 Å². The van der Waals surface area contributed by atoms with E-state index in [2.05, 4.69) is 10.3 Å². The summed E-state index contributed by atoms with van der Waals surface area (Å²) in [5.41, 5.74) is 3.94. The summed E-state index contributed by atoms with van der Waals surface area (Å²) in [6.07, 6.45) is 1.54. The quantitative estimate of drug-likeness (QED) is 0.777. The Bertz CT molecular complexity index is 915. The molecule has 1 aliphatic carbocycles. The van der Waals surface area contributed by atoms with E-state index in [1.807, 2.05) is 18.2 Å². The highest BCUT2D eigenvalue weighted by molar-refractivity contribution is 5.94. The van der Waals surface area contributed by atoms with Crippen LogP contribution in [0.5, 0.6) is 5.75 Å². The smallest absolute Gasteiger partial charge is 0.251 e. The minimum atomic E-state index is -0.345. The number of benzene rings is 2. The van der Waals surface area contributed by atoms with Crippen molar-refractivity contribution >= 4 is 16.8 Å². The van der Waals surface area contributed by atoms with E-state index in [1.165, 1.54) is 29.8 Å². The number of H-pyrrole nitrogens is 1. The first kappa shape index (κ1) is 14.8. The topological polar surface area (TPSA) is 54.1 Å². The second kappa shape index (κ2) is 5.67. The Hall–Kier alpha value is -2.82. The molecule has 5 heteroatoms. The van der Waals surface area contributed by atoms with E-state index in [9.17, 15) is 9.18 Å². The number of hydrogen-bond donors (Lipinski definition) is 2. The van der Waals surface area contributed by atoms with E-state index in [0.717, 1.165) is 35.2 Å². The van der Waals surface area contributed by atoms with Gasteiger partial charge in [-0.1, -0.05) is 0 Å². The summed E-state index contributed by atoms with van der Waals surface area (Å²) >= 11 is 0. The predicted molar refractivity (Wildman–Crippen MR) is 89.9 cm³/mol. The lowest BCUT2D eigenvalue weighted by Crippen LogP contribution is -2.35. The molecule has 0 spiro atoms. The van der Waals surface area contributed by atoms with Crippen LogP contribution in [0.1, 0.15) is 21.6 Å². The van der Waals surface area contributed by atoms with Crippen LogP contribution in [-0.2, 0) is 12.8 Å². The number of aromatic amines is 1. The number of hydrogen-bond acceptors (Lipinski definition) is 2. The number of halogens is 1. The molecule has 1 heterocycles. The van der Waals surface area contributed by atoms with E-state index in [0.29, 0.717) is 5.56 Å². The van der Waals surface area contributed by atoms with Gasteiger partial charge in [0.25, 0.3) is 5.91 Å². The third-order valence-corrected chi connectivity index (χ3v) is 4.54. The molecule has 2 aromatic carbocycles. The van der Waals surface area contributed by atoms with Crippen molar-refractivity contribution in [2.75, 3.05) is 7.11 Å². The van der Waals surface area contributed by atoms with Crippen molar-refractivity contribution in [2.24, 2.45) is 0 Å². The lowest BCUT2D eigenvalue weighted by atomic mass is 10.1. The highest BCUT2D eigenvalue weighted by Gasteiger charge is 2.27. The van der Waals surface area contributed by atoms with Gasteiger partial charge in [0.1, 0.15) is 11.6 Å². The maximum absolute atomic E-state index is 13.0. The number of carbonyl (C=O) groups excluding carboxylic acids is 1. The summed E-state index contributed by atoms with van der Waals surface area (Å²) < 4.78 is 18.3. The summed E-state index contributed by atoms with van der Waals surface area (Å²) in [5, 5.41) is 4.17. The van der Waals surface area contributed by atoms with Crippen LogP contribution >= 0.6 is 0 Å². The minimum Gasteiger partial charge on any atom is -0.497 e.